The van der Waals surface area contributed by atoms with Gasteiger partial charge in [-0.25, -0.2) is 0 Å². The normalized spacial score (nSPS) is 53.8. The van der Waals surface area contributed by atoms with Crippen LogP contribution in [0.25, 0.3) is 0 Å². The highest BCUT2D eigenvalue weighted by molar-refractivity contribution is 5.25. The number of fused-ring (bicyclic) bond motifs is 5. The summed E-state index contributed by atoms with van der Waals surface area (Å²) in [5.41, 5.74) is 15.3. The van der Waals surface area contributed by atoms with Crippen molar-refractivity contribution in [1.82, 2.24) is 0 Å². The van der Waals surface area contributed by atoms with Crippen molar-refractivity contribution in [1.29, 1.82) is 0 Å². The summed E-state index contributed by atoms with van der Waals surface area (Å²) >= 11 is 0. The van der Waals surface area contributed by atoms with Gasteiger partial charge in [-0.05, 0) is 92.8 Å². The SMILES string of the molecule is CC(N)[C@H]1CC[C@H]2[C@@H]3CC=C4C[C@@H](N)CC[C@]4(C)[C@H]3CC[C@]12C. The third-order valence-electron chi connectivity index (χ3n) is 8.85. The van der Waals surface area contributed by atoms with Crippen molar-refractivity contribution < 1.29 is 0 Å². The van der Waals surface area contributed by atoms with Crippen molar-refractivity contribution in [2.45, 2.75) is 84.2 Å². The van der Waals surface area contributed by atoms with Gasteiger partial charge in [0.15, 0.2) is 0 Å². The van der Waals surface area contributed by atoms with Crippen molar-refractivity contribution in [3.8, 4) is 0 Å². The predicted octanol–water partition coefficient (Wildman–Crippen LogP) is 4.24. The second-order valence-electron chi connectivity index (χ2n) is 9.85. The Morgan fingerprint density at radius 1 is 1.09 bits per heavy atom. The number of rotatable bonds is 1. The summed E-state index contributed by atoms with van der Waals surface area (Å²) in [5.74, 6) is 3.45. The Bertz CT molecular complexity index is 510. The van der Waals surface area contributed by atoms with E-state index in [0.29, 0.717) is 22.9 Å². The van der Waals surface area contributed by atoms with Crippen LogP contribution in [0.5, 0.6) is 0 Å². The first-order chi connectivity index (χ1) is 10.9. The molecule has 130 valence electrons. The van der Waals surface area contributed by atoms with Gasteiger partial charge in [0.1, 0.15) is 0 Å². The smallest absolute Gasteiger partial charge is 0.00766 e. The molecule has 0 aliphatic heterocycles. The minimum Gasteiger partial charge on any atom is -0.328 e. The van der Waals surface area contributed by atoms with Crippen LogP contribution in [0.2, 0.25) is 0 Å². The van der Waals surface area contributed by atoms with Crippen LogP contribution >= 0.6 is 0 Å². The highest BCUT2D eigenvalue weighted by Gasteiger charge is 2.58. The highest BCUT2D eigenvalue weighted by Crippen LogP contribution is 2.66. The number of nitrogens with two attached hydrogens (primary N) is 2. The Labute approximate surface area is 142 Å². The van der Waals surface area contributed by atoms with Crippen molar-refractivity contribution >= 4 is 0 Å². The fraction of sp³-hybridized carbons (Fsp3) is 0.905. The van der Waals surface area contributed by atoms with E-state index in [2.05, 4.69) is 26.8 Å². The molecule has 8 atom stereocenters. The van der Waals surface area contributed by atoms with Gasteiger partial charge < -0.3 is 11.5 Å². The molecule has 2 nitrogen and oxygen atoms in total. The standard InChI is InChI=1S/C21H36N2/c1-13(22)17-6-7-18-16-5-4-14-12-15(23)8-10-20(14,2)19(16)9-11-21(17,18)3/h4,13,15-19H,5-12,22-23H2,1-3H3/t13?,15-,16-,17+,18-,19-,20-,21+/m0/s1. The Kier molecular flexibility index (Phi) is 3.74. The first-order valence-electron chi connectivity index (χ1n) is 10.1. The molecule has 0 saturated heterocycles. The van der Waals surface area contributed by atoms with E-state index in [0.717, 1.165) is 30.1 Å². The molecule has 23 heavy (non-hydrogen) atoms. The van der Waals surface area contributed by atoms with E-state index in [9.17, 15) is 0 Å². The zero-order valence-electron chi connectivity index (χ0n) is 15.4. The average molecular weight is 317 g/mol. The molecular formula is C21H36N2. The maximum absolute atomic E-state index is 6.38. The van der Waals surface area contributed by atoms with Crippen LogP contribution in [-0.2, 0) is 0 Å². The van der Waals surface area contributed by atoms with Crippen LogP contribution in [0.15, 0.2) is 11.6 Å². The summed E-state index contributed by atoms with van der Waals surface area (Å²) in [6.07, 6.45) is 13.2. The van der Waals surface area contributed by atoms with E-state index in [1.54, 1.807) is 5.57 Å². The van der Waals surface area contributed by atoms with E-state index in [1.807, 2.05) is 0 Å². The molecule has 0 aromatic rings. The molecule has 0 radical (unpaired) electrons. The maximum Gasteiger partial charge on any atom is 0.00766 e. The van der Waals surface area contributed by atoms with Gasteiger partial charge in [-0.3, -0.25) is 0 Å². The second-order valence-corrected chi connectivity index (χ2v) is 9.85. The van der Waals surface area contributed by atoms with Crippen molar-refractivity contribution in [3.05, 3.63) is 11.6 Å². The molecule has 0 aromatic heterocycles. The first-order valence-corrected chi connectivity index (χ1v) is 10.1. The van der Waals surface area contributed by atoms with E-state index in [4.69, 9.17) is 11.5 Å². The lowest BCUT2D eigenvalue weighted by molar-refractivity contribution is -0.0447. The molecule has 3 fully saturated rings. The molecule has 0 heterocycles. The Morgan fingerprint density at radius 3 is 2.61 bits per heavy atom. The summed E-state index contributed by atoms with van der Waals surface area (Å²) in [4.78, 5) is 0. The molecule has 3 saturated carbocycles. The lowest BCUT2D eigenvalue weighted by Gasteiger charge is -2.58. The van der Waals surface area contributed by atoms with Crippen molar-refractivity contribution in [3.63, 3.8) is 0 Å². The third kappa shape index (κ3) is 2.20. The zero-order valence-corrected chi connectivity index (χ0v) is 15.4. The van der Waals surface area contributed by atoms with Gasteiger partial charge in [0.05, 0.1) is 0 Å². The van der Waals surface area contributed by atoms with Crippen LogP contribution < -0.4 is 11.5 Å². The van der Waals surface area contributed by atoms with E-state index in [-0.39, 0.29) is 0 Å². The highest BCUT2D eigenvalue weighted by atomic mass is 14.7. The van der Waals surface area contributed by atoms with Crippen LogP contribution in [0.1, 0.15) is 72.1 Å². The molecule has 2 heteroatoms. The zero-order chi connectivity index (χ0) is 16.4. The average Bonchev–Trinajstić information content (AvgIpc) is 2.85. The van der Waals surface area contributed by atoms with Crippen LogP contribution in [-0.4, -0.2) is 12.1 Å². The number of hydrogen-bond donors (Lipinski definition) is 2. The Morgan fingerprint density at radius 2 is 1.87 bits per heavy atom. The first kappa shape index (κ1) is 16.1. The van der Waals surface area contributed by atoms with Gasteiger partial charge >= 0.3 is 0 Å². The second kappa shape index (κ2) is 5.33. The largest absolute Gasteiger partial charge is 0.328 e. The minimum atomic E-state index is 0.361. The monoisotopic (exact) mass is 316 g/mol. The Hall–Kier alpha value is -0.340. The molecule has 4 aliphatic rings. The van der Waals surface area contributed by atoms with E-state index < -0.39 is 0 Å². The summed E-state index contributed by atoms with van der Waals surface area (Å²) < 4.78 is 0. The Balaban J connectivity index is 1.65. The molecule has 4 aliphatic carbocycles. The molecule has 0 amide bonds. The lowest BCUT2D eigenvalue weighted by atomic mass is 9.47. The van der Waals surface area contributed by atoms with E-state index >= 15 is 0 Å². The van der Waals surface area contributed by atoms with Gasteiger partial charge in [0, 0.05) is 12.1 Å². The number of allylic oxidation sites excluding steroid dienone is 1. The quantitative estimate of drug-likeness (QED) is 0.711. The summed E-state index contributed by atoms with van der Waals surface area (Å²) in [6.45, 7) is 7.39. The van der Waals surface area contributed by atoms with Gasteiger partial charge in [0.2, 0.25) is 0 Å². The molecular weight excluding hydrogens is 280 g/mol. The molecule has 4 N–H and O–H groups in total. The summed E-state index contributed by atoms with van der Waals surface area (Å²) in [6, 6.07) is 0.771. The van der Waals surface area contributed by atoms with Crippen molar-refractivity contribution in [2.75, 3.05) is 0 Å². The lowest BCUT2D eigenvalue weighted by Crippen LogP contribution is -2.52. The van der Waals surface area contributed by atoms with Crippen LogP contribution in [0.3, 0.4) is 0 Å². The summed E-state index contributed by atoms with van der Waals surface area (Å²) in [7, 11) is 0. The fourth-order valence-corrected chi connectivity index (χ4v) is 7.59. The summed E-state index contributed by atoms with van der Waals surface area (Å²) in [5, 5.41) is 0. The number of hydrogen-bond acceptors (Lipinski definition) is 2. The predicted molar refractivity (Wildman–Crippen MR) is 96.8 cm³/mol. The van der Waals surface area contributed by atoms with Gasteiger partial charge in [-0.15, -0.1) is 0 Å². The van der Waals surface area contributed by atoms with Gasteiger partial charge in [-0.2, -0.15) is 0 Å². The van der Waals surface area contributed by atoms with Gasteiger partial charge in [-0.1, -0.05) is 25.5 Å². The van der Waals surface area contributed by atoms with Crippen LogP contribution in [0.4, 0.5) is 0 Å². The van der Waals surface area contributed by atoms with Crippen LogP contribution in [0, 0.1) is 34.5 Å². The third-order valence-corrected chi connectivity index (χ3v) is 8.85. The fourth-order valence-electron chi connectivity index (χ4n) is 7.59. The topological polar surface area (TPSA) is 52.0 Å². The molecule has 0 spiro atoms. The molecule has 0 aromatic carbocycles. The van der Waals surface area contributed by atoms with Crippen molar-refractivity contribution in [2.24, 2.45) is 46.0 Å². The maximum atomic E-state index is 6.38. The minimum absolute atomic E-state index is 0.361. The molecule has 4 rings (SSSR count). The van der Waals surface area contributed by atoms with Gasteiger partial charge in [0.25, 0.3) is 0 Å². The molecule has 1 unspecified atom stereocenters. The molecule has 0 bridgehead atoms. The van der Waals surface area contributed by atoms with E-state index in [1.165, 1.54) is 44.9 Å².